The Morgan fingerprint density at radius 2 is 1.97 bits per heavy atom. The third-order valence-corrected chi connectivity index (χ3v) is 6.63. The molecule has 1 atom stereocenters. The van der Waals surface area contributed by atoms with Crippen molar-refractivity contribution >= 4 is 28.4 Å². The number of carbonyl (C=O) groups is 1. The van der Waals surface area contributed by atoms with Gasteiger partial charge in [-0.05, 0) is 56.9 Å². The molecule has 0 bridgehead atoms. The van der Waals surface area contributed by atoms with Crippen LogP contribution in [0.15, 0.2) is 54.6 Å². The van der Waals surface area contributed by atoms with E-state index in [0.717, 1.165) is 58.6 Å². The maximum atomic E-state index is 12.2. The number of carbonyl (C=O) groups excluding carboxylic acids is 1. The van der Waals surface area contributed by atoms with Gasteiger partial charge in [0.25, 0.3) is 0 Å². The Bertz CT molecular complexity index is 1380. The molecule has 8 nitrogen and oxygen atoms in total. The normalized spacial score (nSPS) is 14.9. The van der Waals surface area contributed by atoms with Crippen LogP contribution in [0.2, 0.25) is 0 Å². The van der Waals surface area contributed by atoms with Gasteiger partial charge in [-0.15, -0.1) is 0 Å². The molecule has 2 aromatic heterocycles. The summed E-state index contributed by atoms with van der Waals surface area (Å²) in [5.41, 5.74) is 5.92. The fourth-order valence-corrected chi connectivity index (χ4v) is 4.92. The van der Waals surface area contributed by atoms with Gasteiger partial charge in [-0.2, -0.15) is 4.98 Å². The SMILES string of the molecule is CCNC(=O)Nc1cccc2c1cc(C)n2-c1nc(NCc2ccccc2)c2c(n1)C(OC)CCC2. The zero-order valence-electron chi connectivity index (χ0n) is 21.0. The highest BCUT2D eigenvalue weighted by molar-refractivity contribution is 6.01. The number of methoxy groups -OCH3 is 1. The van der Waals surface area contributed by atoms with Crippen molar-refractivity contribution in [3.8, 4) is 5.95 Å². The second-order valence-electron chi connectivity index (χ2n) is 9.04. The molecule has 2 heterocycles. The minimum absolute atomic E-state index is 0.0649. The van der Waals surface area contributed by atoms with Gasteiger partial charge in [0.1, 0.15) is 5.82 Å². The van der Waals surface area contributed by atoms with Gasteiger partial charge in [0.05, 0.1) is 23.0 Å². The van der Waals surface area contributed by atoms with Crippen molar-refractivity contribution < 1.29 is 9.53 Å². The number of urea groups is 1. The smallest absolute Gasteiger partial charge is 0.319 e. The molecule has 1 aliphatic carbocycles. The summed E-state index contributed by atoms with van der Waals surface area (Å²) >= 11 is 0. The number of ether oxygens (including phenoxy) is 1. The van der Waals surface area contributed by atoms with Gasteiger partial charge in [0.15, 0.2) is 0 Å². The fourth-order valence-electron chi connectivity index (χ4n) is 4.92. The van der Waals surface area contributed by atoms with Gasteiger partial charge in [-0.1, -0.05) is 36.4 Å². The monoisotopic (exact) mass is 484 g/mol. The van der Waals surface area contributed by atoms with Crippen LogP contribution in [0.4, 0.5) is 16.3 Å². The largest absolute Gasteiger partial charge is 0.375 e. The number of hydrogen-bond donors (Lipinski definition) is 3. The van der Waals surface area contributed by atoms with Crippen LogP contribution in [-0.4, -0.2) is 34.2 Å². The number of nitrogens with one attached hydrogen (secondary N) is 3. The molecule has 2 amide bonds. The third-order valence-electron chi connectivity index (χ3n) is 6.63. The summed E-state index contributed by atoms with van der Waals surface area (Å²) in [4.78, 5) is 22.3. The summed E-state index contributed by atoms with van der Waals surface area (Å²) in [6.45, 7) is 5.16. The predicted molar refractivity (Wildman–Crippen MR) is 143 cm³/mol. The molecule has 0 aliphatic heterocycles. The molecule has 186 valence electrons. The van der Waals surface area contributed by atoms with E-state index in [4.69, 9.17) is 14.7 Å². The van der Waals surface area contributed by atoms with Crippen LogP contribution in [0, 0.1) is 6.92 Å². The molecular formula is C28H32N6O2. The van der Waals surface area contributed by atoms with Crippen molar-refractivity contribution in [1.82, 2.24) is 19.9 Å². The van der Waals surface area contributed by atoms with Crippen LogP contribution in [0.5, 0.6) is 0 Å². The molecular weight excluding hydrogens is 452 g/mol. The highest BCUT2D eigenvalue weighted by atomic mass is 16.5. The Morgan fingerprint density at radius 3 is 2.75 bits per heavy atom. The van der Waals surface area contributed by atoms with Crippen molar-refractivity contribution in [2.24, 2.45) is 0 Å². The predicted octanol–water partition coefficient (Wildman–Crippen LogP) is 5.51. The molecule has 5 rings (SSSR count). The van der Waals surface area contributed by atoms with E-state index in [0.29, 0.717) is 19.0 Å². The lowest BCUT2D eigenvalue weighted by molar-refractivity contribution is 0.0842. The Kier molecular flexibility index (Phi) is 6.86. The molecule has 1 unspecified atom stereocenters. The highest BCUT2D eigenvalue weighted by Gasteiger charge is 2.27. The molecule has 0 saturated heterocycles. The first-order valence-electron chi connectivity index (χ1n) is 12.5. The Hall–Kier alpha value is -3.91. The maximum Gasteiger partial charge on any atom is 0.319 e. The lowest BCUT2D eigenvalue weighted by Crippen LogP contribution is -2.28. The van der Waals surface area contributed by atoms with E-state index < -0.39 is 0 Å². The molecule has 1 aliphatic rings. The molecule has 2 aromatic carbocycles. The topological polar surface area (TPSA) is 93.1 Å². The van der Waals surface area contributed by atoms with Gasteiger partial charge in [0.2, 0.25) is 5.95 Å². The second kappa shape index (κ2) is 10.4. The van der Waals surface area contributed by atoms with Crippen molar-refractivity contribution in [3.05, 3.63) is 77.1 Å². The second-order valence-corrected chi connectivity index (χ2v) is 9.04. The van der Waals surface area contributed by atoms with E-state index in [2.05, 4.69) is 34.1 Å². The van der Waals surface area contributed by atoms with E-state index in [1.807, 2.05) is 54.8 Å². The first-order valence-corrected chi connectivity index (χ1v) is 12.5. The summed E-state index contributed by atoms with van der Waals surface area (Å²) in [5.74, 6) is 1.44. The van der Waals surface area contributed by atoms with Crippen molar-refractivity contribution in [2.45, 2.75) is 45.8 Å². The minimum Gasteiger partial charge on any atom is -0.375 e. The average molecular weight is 485 g/mol. The summed E-state index contributed by atoms with van der Waals surface area (Å²) in [6, 6.07) is 18.0. The fraction of sp³-hybridized carbons (Fsp3) is 0.321. The molecule has 4 aromatic rings. The van der Waals surface area contributed by atoms with Crippen LogP contribution >= 0.6 is 0 Å². The molecule has 3 N–H and O–H groups in total. The zero-order chi connectivity index (χ0) is 25.1. The van der Waals surface area contributed by atoms with Crippen LogP contribution in [0.1, 0.15) is 48.4 Å². The number of nitrogens with zero attached hydrogens (tertiary/aromatic N) is 3. The number of aromatic nitrogens is 3. The van der Waals surface area contributed by atoms with Gasteiger partial charge < -0.3 is 20.7 Å². The van der Waals surface area contributed by atoms with Gasteiger partial charge in [0, 0.05) is 36.8 Å². The lowest BCUT2D eigenvalue weighted by atomic mass is 9.93. The molecule has 0 saturated carbocycles. The number of benzene rings is 2. The molecule has 0 spiro atoms. The van der Waals surface area contributed by atoms with Gasteiger partial charge in [-0.3, -0.25) is 4.57 Å². The standard InChI is InChI=1S/C28H32N6O2/c1-4-29-28(35)31-22-13-9-14-23-21(22)16-18(2)34(23)27-32-25-20(12-8-15-24(25)36-3)26(33-27)30-17-19-10-6-5-7-11-19/h5-7,9-11,13-14,16,24H,4,8,12,15,17H2,1-3H3,(H2,29,31,35)(H,30,32,33). The molecule has 8 heteroatoms. The van der Waals surface area contributed by atoms with Crippen LogP contribution in [0.3, 0.4) is 0 Å². The number of rotatable bonds is 7. The van der Waals surface area contributed by atoms with Crippen molar-refractivity contribution in [3.63, 3.8) is 0 Å². The molecule has 0 fully saturated rings. The first kappa shape index (κ1) is 23.8. The summed E-state index contributed by atoms with van der Waals surface area (Å²) in [5, 5.41) is 10.3. The molecule has 36 heavy (non-hydrogen) atoms. The Morgan fingerprint density at radius 1 is 1.14 bits per heavy atom. The number of aryl methyl sites for hydroxylation is 1. The van der Waals surface area contributed by atoms with Gasteiger partial charge in [-0.25, -0.2) is 9.78 Å². The summed E-state index contributed by atoms with van der Waals surface area (Å²) in [6.07, 6.45) is 2.82. The average Bonchev–Trinajstić information content (AvgIpc) is 3.24. The Balaban J connectivity index is 1.60. The van der Waals surface area contributed by atoms with Crippen LogP contribution < -0.4 is 16.0 Å². The highest BCUT2D eigenvalue weighted by Crippen LogP contribution is 2.36. The maximum absolute atomic E-state index is 12.2. The van der Waals surface area contributed by atoms with Crippen molar-refractivity contribution in [1.29, 1.82) is 0 Å². The number of fused-ring (bicyclic) bond motifs is 2. The number of anilines is 2. The van der Waals surface area contributed by atoms with Crippen molar-refractivity contribution in [2.75, 3.05) is 24.3 Å². The Labute approximate surface area is 211 Å². The quantitative estimate of drug-likeness (QED) is 0.322. The first-order chi connectivity index (χ1) is 17.6. The van der Waals surface area contributed by atoms with E-state index >= 15 is 0 Å². The zero-order valence-corrected chi connectivity index (χ0v) is 21.0. The van der Waals surface area contributed by atoms with Crippen LogP contribution in [0.25, 0.3) is 16.9 Å². The van der Waals surface area contributed by atoms with E-state index in [-0.39, 0.29) is 12.1 Å². The number of amides is 2. The third kappa shape index (κ3) is 4.64. The number of hydrogen-bond acceptors (Lipinski definition) is 5. The van der Waals surface area contributed by atoms with Gasteiger partial charge >= 0.3 is 6.03 Å². The summed E-state index contributed by atoms with van der Waals surface area (Å²) < 4.78 is 7.88. The van der Waals surface area contributed by atoms with Crippen LogP contribution in [-0.2, 0) is 17.7 Å². The minimum atomic E-state index is -0.226. The van der Waals surface area contributed by atoms with E-state index in [1.165, 1.54) is 5.56 Å². The lowest BCUT2D eigenvalue weighted by Gasteiger charge is -2.26. The molecule has 0 radical (unpaired) electrons. The van der Waals surface area contributed by atoms with E-state index in [9.17, 15) is 4.79 Å². The summed E-state index contributed by atoms with van der Waals surface area (Å²) in [7, 11) is 1.74. The van der Waals surface area contributed by atoms with E-state index in [1.54, 1.807) is 7.11 Å².